The molecule has 0 saturated carbocycles. The molecule has 1 aromatic carbocycles. The Kier molecular flexibility index (Phi) is 3.69. The highest BCUT2D eigenvalue weighted by atomic mass is 16.6. The molecule has 0 aliphatic heterocycles. The Morgan fingerprint density at radius 2 is 2.04 bits per heavy atom. The number of nitro benzene ring substituents is 1. The molecule has 1 atom stereocenters. The van der Waals surface area contributed by atoms with E-state index in [0.29, 0.717) is 5.39 Å². The second-order valence-corrected chi connectivity index (χ2v) is 5.41. The topological polar surface area (TPSA) is 94.1 Å². The first-order valence-corrected chi connectivity index (χ1v) is 7.19. The van der Waals surface area contributed by atoms with E-state index in [2.05, 4.69) is 15.5 Å². The summed E-state index contributed by atoms with van der Waals surface area (Å²) < 4.78 is 5.20. The molecule has 0 aliphatic carbocycles. The molecule has 0 aliphatic rings. The number of hydrogen-bond acceptors (Lipinski definition) is 6. The van der Waals surface area contributed by atoms with Gasteiger partial charge < -0.3 is 9.84 Å². The van der Waals surface area contributed by atoms with Crippen LogP contribution in [0, 0.1) is 24.0 Å². The molecule has 118 valence electrons. The van der Waals surface area contributed by atoms with Crippen molar-refractivity contribution in [3.05, 3.63) is 57.7 Å². The summed E-state index contributed by atoms with van der Waals surface area (Å²) in [6.45, 7) is 5.76. The quantitative estimate of drug-likeness (QED) is 0.579. The molecule has 3 rings (SSSR count). The number of pyridine rings is 1. The number of fused-ring (bicyclic) bond motifs is 1. The number of nitrogens with zero attached hydrogens (tertiary/aromatic N) is 3. The maximum atomic E-state index is 11.2. The first kappa shape index (κ1) is 15.0. The van der Waals surface area contributed by atoms with Crippen molar-refractivity contribution in [3.63, 3.8) is 0 Å². The van der Waals surface area contributed by atoms with Gasteiger partial charge in [-0.15, -0.1) is 0 Å². The van der Waals surface area contributed by atoms with Gasteiger partial charge in [-0.2, -0.15) is 0 Å². The molecule has 0 fully saturated rings. The molecule has 7 nitrogen and oxygen atoms in total. The Bertz CT molecular complexity index is 869. The average Bonchev–Trinajstić information content (AvgIpc) is 2.86. The standard InChI is InChI=1S/C16H16N4O3/c1-9(16-10(2)19-23-11(16)3)18-14-4-5-15(20(21)22)13-8-17-7-6-12(13)14/h4-9,18H,1-3H3. The average molecular weight is 312 g/mol. The largest absolute Gasteiger partial charge is 0.378 e. The second kappa shape index (κ2) is 5.68. The van der Waals surface area contributed by atoms with Crippen molar-refractivity contribution < 1.29 is 9.45 Å². The molecule has 0 bridgehead atoms. The van der Waals surface area contributed by atoms with Gasteiger partial charge in [0.1, 0.15) is 5.76 Å². The first-order valence-electron chi connectivity index (χ1n) is 7.19. The van der Waals surface area contributed by atoms with Crippen LogP contribution in [-0.4, -0.2) is 15.1 Å². The third kappa shape index (κ3) is 2.61. The zero-order chi connectivity index (χ0) is 16.6. The van der Waals surface area contributed by atoms with Gasteiger partial charge in [0.25, 0.3) is 5.69 Å². The predicted molar refractivity (Wildman–Crippen MR) is 86.4 cm³/mol. The lowest BCUT2D eigenvalue weighted by Crippen LogP contribution is -2.09. The van der Waals surface area contributed by atoms with Crippen LogP contribution >= 0.6 is 0 Å². The molecule has 2 aromatic heterocycles. The normalized spacial score (nSPS) is 12.3. The Balaban J connectivity index is 2.04. The molecule has 0 saturated heterocycles. The Morgan fingerprint density at radius 3 is 2.70 bits per heavy atom. The smallest absolute Gasteiger partial charge is 0.278 e. The van der Waals surface area contributed by atoms with Gasteiger partial charge in [-0.25, -0.2) is 0 Å². The van der Waals surface area contributed by atoms with Crippen molar-refractivity contribution in [1.29, 1.82) is 0 Å². The minimum atomic E-state index is -0.397. The summed E-state index contributed by atoms with van der Waals surface area (Å²) >= 11 is 0. The molecule has 0 amide bonds. The molecule has 2 heterocycles. The zero-order valence-electron chi connectivity index (χ0n) is 13.0. The van der Waals surface area contributed by atoms with Gasteiger partial charge >= 0.3 is 0 Å². The van der Waals surface area contributed by atoms with Crippen LogP contribution in [0.15, 0.2) is 35.1 Å². The fraction of sp³-hybridized carbons (Fsp3) is 0.250. The summed E-state index contributed by atoms with van der Waals surface area (Å²) in [5.41, 5.74) is 2.67. The van der Waals surface area contributed by atoms with Gasteiger partial charge in [0.2, 0.25) is 0 Å². The monoisotopic (exact) mass is 312 g/mol. The van der Waals surface area contributed by atoms with Gasteiger partial charge in [0, 0.05) is 35.1 Å². The van der Waals surface area contributed by atoms with E-state index in [-0.39, 0.29) is 11.7 Å². The molecular formula is C16H16N4O3. The van der Waals surface area contributed by atoms with Crippen LogP contribution in [0.25, 0.3) is 10.8 Å². The highest BCUT2D eigenvalue weighted by molar-refractivity contribution is 5.99. The van der Waals surface area contributed by atoms with Crippen molar-refractivity contribution in [3.8, 4) is 0 Å². The van der Waals surface area contributed by atoms with Gasteiger partial charge in [-0.05, 0) is 32.9 Å². The number of anilines is 1. The van der Waals surface area contributed by atoms with Crippen LogP contribution in [-0.2, 0) is 0 Å². The number of benzene rings is 1. The van der Waals surface area contributed by atoms with E-state index in [4.69, 9.17) is 4.52 Å². The highest BCUT2D eigenvalue weighted by Gasteiger charge is 2.19. The van der Waals surface area contributed by atoms with Crippen molar-refractivity contribution in [2.75, 3.05) is 5.32 Å². The summed E-state index contributed by atoms with van der Waals surface area (Å²) in [4.78, 5) is 14.8. The van der Waals surface area contributed by atoms with Crippen LogP contribution < -0.4 is 5.32 Å². The van der Waals surface area contributed by atoms with E-state index < -0.39 is 4.92 Å². The van der Waals surface area contributed by atoms with Crippen molar-refractivity contribution in [1.82, 2.24) is 10.1 Å². The zero-order valence-corrected chi connectivity index (χ0v) is 13.0. The third-order valence-electron chi connectivity index (χ3n) is 3.89. The number of nitro groups is 1. The van der Waals surface area contributed by atoms with E-state index in [1.54, 1.807) is 18.3 Å². The number of rotatable bonds is 4. The molecule has 1 unspecified atom stereocenters. The number of aromatic nitrogens is 2. The van der Waals surface area contributed by atoms with Gasteiger partial charge in [-0.3, -0.25) is 15.1 Å². The van der Waals surface area contributed by atoms with Crippen molar-refractivity contribution in [2.45, 2.75) is 26.8 Å². The van der Waals surface area contributed by atoms with E-state index in [1.165, 1.54) is 12.3 Å². The number of aryl methyl sites for hydroxylation is 2. The molecule has 0 spiro atoms. The van der Waals surface area contributed by atoms with Crippen LogP contribution in [0.2, 0.25) is 0 Å². The maximum absolute atomic E-state index is 11.2. The minimum Gasteiger partial charge on any atom is -0.378 e. The highest BCUT2D eigenvalue weighted by Crippen LogP contribution is 2.33. The summed E-state index contributed by atoms with van der Waals surface area (Å²) in [6.07, 6.45) is 3.14. The van der Waals surface area contributed by atoms with E-state index in [1.807, 2.05) is 20.8 Å². The molecule has 3 aromatic rings. The van der Waals surface area contributed by atoms with Crippen LogP contribution in [0.3, 0.4) is 0 Å². The predicted octanol–water partition coefficient (Wildman–Crippen LogP) is 3.92. The molecule has 0 radical (unpaired) electrons. The Labute approximate surface area is 132 Å². The van der Waals surface area contributed by atoms with Crippen LogP contribution in [0.5, 0.6) is 0 Å². The van der Waals surface area contributed by atoms with Crippen molar-refractivity contribution >= 4 is 22.1 Å². The third-order valence-corrected chi connectivity index (χ3v) is 3.89. The summed E-state index contributed by atoms with van der Waals surface area (Å²) in [7, 11) is 0. The second-order valence-electron chi connectivity index (χ2n) is 5.41. The molecule has 23 heavy (non-hydrogen) atoms. The maximum Gasteiger partial charge on any atom is 0.278 e. The fourth-order valence-corrected chi connectivity index (χ4v) is 2.87. The lowest BCUT2D eigenvalue weighted by molar-refractivity contribution is -0.383. The van der Waals surface area contributed by atoms with Crippen LogP contribution in [0.4, 0.5) is 11.4 Å². The van der Waals surface area contributed by atoms with Crippen LogP contribution in [0.1, 0.15) is 30.0 Å². The summed E-state index contributed by atoms with van der Waals surface area (Å²) in [6, 6.07) is 4.94. The SMILES string of the molecule is Cc1noc(C)c1C(C)Nc1ccc([N+](=O)[O-])c2cnccc12. The fourth-order valence-electron chi connectivity index (χ4n) is 2.87. The van der Waals surface area contributed by atoms with Gasteiger partial charge in [0.15, 0.2) is 0 Å². The van der Waals surface area contributed by atoms with E-state index in [0.717, 1.165) is 28.1 Å². The molecular weight excluding hydrogens is 296 g/mol. The van der Waals surface area contributed by atoms with E-state index >= 15 is 0 Å². The Morgan fingerprint density at radius 1 is 1.26 bits per heavy atom. The summed E-state index contributed by atoms with van der Waals surface area (Å²) in [5, 5.41) is 19.8. The van der Waals surface area contributed by atoms with Gasteiger partial charge in [0.05, 0.1) is 22.0 Å². The van der Waals surface area contributed by atoms with Crippen molar-refractivity contribution in [2.24, 2.45) is 0 Å². The Hall–Kier alpha value is -2.96. The lowest BCUT2D eigenvalue weighted by atomic mass is 10.0. The molecule has 7 heteroatoms. The first-order chi connectivity index (χ1) is 11.0. The van der Waals surface area contributed by atoms with E-state index in [9.17, 15) is 10.1 Å². The number of hydrogen-bond donors (Lipinski definition) is 1. The minimum absolute atomic E-state index is 0.0425. The number of nitrogens with one attached hydrogen (secondary N) is 1. The lowest BCUT2D eigenvalue weighted by Gasteiger charge is -2.17. The number of non-ortho nitro benzene ring substituents is 1. The molecule has 1 N–H and O–H groups in total. The van der Waals surface area contributed by atoms with Gasteiger partial charge in [-0.1, -0.05) is 5.16 Å². The summed E-state index contributed by atoms with van der Waals surface area (Å²) in [5.74, 6) is 0.760.